The largest absolute Gasteiger partial charge is 1.00 e. The third-order valence-electron chi connectivity index (χ3n) is 3.88. The van der Waals surface area contributed by atoms with Gasteiger partial charge in [0.15, 0.2) is 0 Å². The van der Waals surface area contributed by atoms with Crippen molar-refractivity contribution in [2.24, 2.45) is 0 Å². The monoisotopic (exact) mass is 386 g/mol. The summed E-state index contributed by atoms with van der Waals surface area (Å²) in [4.78, 5) is -0.313. The second-order valence-corrected chi connectivity index (χ2v) is 7.32. The first-order chi connectivity index (χ1) is 11.9. The Morgan fingerprint density at radius 3 is 2.31 bits per heavy atom. The second kappa shape index (κ2) is 10.9. The maximum absolute atomic E-state index is 12.0. The molecule has 0 aliphatic rings. The Balaban J connectivity index is 0.00000338. The van der Waals surface area contributed by atoms with Gasteiger partial charge in [-0.05, 0) is 36.6 Å². The van der Waals surface area contributed by atoms with Gasteiger partial charge in [-0.15, -0.1) is 5.75 Å². The summed E-state index contributed by atoms with van der Waals surface area (Å²) < 4.78 is 39.0. The number of para-hydroxylation sites is 1. The molecule has 0 atom stereocenters. The van der Waals surface area contributed by atoms with Gasteiger partial charge in [-0.3, -0.25) is 4.55 Å². The Hall–Kier alpha value is -1.05. The molecule has 7 heteroatoms. The van der Waals surface area contributed by atoms with Gasteiger partial charge in [-0.25, -0.2) is 0 Å². The van der Waals surface area contributed by atoms with Crippen LogP contribution in [0, 0.1) is 0 Å². The van der Waals surface area contributed by atoms with Crippen molar-refractivity contribution >= 4 is 10.1 Å². The summed E-state index contributed by atoms with van der Waals surface area (Å²) in [5, 5.41) is 12.0. The minimum atomic E-state index is -4.51. The third kappa shape index (κ3) is 6.93. The van der Waals surface area contributed by atoms with E-state index in [1.54, 1.807) is 30.3 Å². The van der Waals surface area contributed by atoms with Crippen molar-refractivity contribution in [3.8, 4) is 17.2 Å². The van der Waals surface area contributed by atoms with Crippen molar-refractivity contribution in [1.82, 2.24) is 0 Å². The zero-order valence-corrected chi connectivity index (χ0v) is 18.1. The van der Waals surface area contributed by atoms with Crippen molar-refractivity contribution in [2.75, 3.05) is 0 Å². The fraction of sp³-hybridized carbons (Fsp3) is 0.368. The first kappa shape index (κ1) is 23.0. The van der Waals surface area contributed by atoms with E-state index in [9.17, 15) is 18.1 Å². The SMILES string of the molecule is CCCCCCCc1cc([O-])cc(Oc2ccccc2)c1S(=O)(=O)O.[Na+]. The molecular formula is C19H23NaO5S. The number of ether oxygens (including phenoxy) is 1. The summed E-state index contributed by atoms with van der Waals surface area (Å²) in [6.07, 6.45) is 5.38. The molecule has 0 aliphatic heterocycles. The van der Waals surface area contributed by atoms with E-state index in [0.29, 0.717) is 17.7 Å². The summed E-state index contributed by atoms with van der Waals surface area (Å²) >= 11 is 0. The Bertz CT molecular complexity index is 791. The number of aryl methyl sites for hydroxylation is 1. The van der Waals surface area contributed by atoms with Crippen LogP contribution in [0.25, 0.3) is 0 Å². The van der Waals surface area contributed by atoms with Crippen LogP contribution in [0.2, 0.25) is 0 Å². The van der Waals surface area contributed by atoms with Crippen molar-refractivity contribution in [2.45, 2.75) is 50.3 Å². The van der Waals surface area contributed by atoms with Gasteiger partial charge in [-0.2, -0.15) is 8.42 Å². The van der Waals surface area contributed by atoms with Crippen LogP contribution in [0.3, 0.4) is 0 Å². The molecule has 5 nitrogen and oxygen atoms in total. The van der Waals surface area contributed by atoms with Gasteiger partial charge in [-0.1, -0.05) is 56.9 Å². The molecule has 0 heterocycles. The average Bonchev–Trinajstić information content (AvgIpc) is 2.54. The number of rotatable bonds is 9. The van der Waals surface area contributed by atoms with Crippen LogP contribution in [-0.4, -0.2) is 13.0 Å². The molecule has 2 rings (SSSR count). The van der Waals surface area contributed by atoms with Crippen LogP contribution in [0.1, 0.15) is 44.6 Å². The zero-order valence-electron chi connectivity index (χ0n) is 15.3. The van der Waals surface area contributed by atoms with Crippen molar-refractivity contribution < 1.29 is 52.4 Å². The fourth-order valence-electron chi connectivity index (χ4n) is 2.72. The fourth-order valence-corrected chi connectivity index (χ4v) is 3.57. The molecule has 0 radical (unpaired) electrons. The predicted octanol–water partition coefficient (Wildman–Crippen LogP) is 1.32. The first-order valence-corrected chi connectivity index (χ1v) is 9.90. The molecule has 0 fully saturated rings. The molecule has 0 unspecified atom stereocenters. The predicted molar refractivity (Wildman–Crippen MR) is 94.7 cm³/mol. The quantitative estimate of drug-likeness (QED) is 0.399. The summed E-state index contributed by atoms with van der Waals surface area (Å²) in [5.74, 6) is -0.0847. The number of hydrogen-bond acceptors (Lipinski definition) is 4. The average molecular weight is 386 g/mol. The van der Waals surface area contributed by atoms with Crippen LogP contribution in [-0.2, 0) is 16.5 Å². The van der Waals surface area contributed by atoms with Gasteiger partial charge in [0, 0.05) is 0 Å². The number of benzene rings is 2. The van der Waals surface area contributed by atoms with Crippen LogP contribution in [0.5, 0.6) is 17.2 Å². The molecule has 136 valence electrons. The first-order valence-electron chi connectivity index (χ1n) is 8.46. The minimum Gasteiger partial charge on any atom is -0.872 e. The zero-order chi connectivity index (χ0) is 18.3. The van der Waals surface area contributed by atoms with E-state index in [1.165, 1.54) is 6.07 Å². The molecule has 0 bridgehead atoms. The van der Waals surface area contributed by atoms with E-state index in [-0.39, 0.29) is 46.0 Å². The third-order valence-corrected chi connectivity index (χ3v) is 4.86. The molecule has 0 aliphatic carbocycles. The maximum atomic E-state index is 12.0. The van der Waals surface area contributed by atoms with E-state index in [0.717, 1.165) is 38.2 Å². The summed E-state index contributed by atoms with van der Waals surface area (Å²) in [5.41, 5.74) is 0.303. The summed E-state index contributed by atoms with van der Waals surface area (Å²) in [6.45, 7) is 2.12. The topological polar surface area (TPSA) is 86.7 Å². The number of unbranched alkanes of at least 4 members (excludes halogenated alkanes) is 4. The molecule has 2 aromatic carbocycles. The van der Waals surface area contributed by atoms with E-state index in [1.807, 2.05) is 0 Å². The Morgan fingerprint density at radius 1 is 1.04 bits per heavy atom. The Morgan fingerprint density at radius 2 is 1.69 bits per heavy atom. The maximum Gasteiger partial charge on any atom is 1.00 e. The van der Waals surface area contributed by atoms with E-state index in [4.69, 9.17) is 4.74 Å². The van der Waals surface area contributed by atoms with Gasteiger partial charge in [0.2, 0.25) is 0 Å². The van der Waals surface area contributed by atoms with Crippen LogP contribution >= 0.6 is 0 Å². The second-order valence-electron chi connectivity index (χ2n) is 5.96. The normalized spacial score (nSPS) is 11.0. The Labute approximate surface area is 177 Å². The minimum absolute atomic E-state index is 0. The molecule has 0 spiro atoms. The van der Waals surface area contributed by atoms with Gasteiger partial charge in [0.05, 0.1) is 0 Å². The van der Waals surface area contributed by atoms with Gasteiger partial charge < -0.3 is 9.84 Å². The summed E-state index contributed by atoms with van der Waals surface area (Å²) in [7, 11) is -4.51. The standard InChI is InChI=1S/C19H24O5S.Na/c1-2-3-4-5-7-10-15-13-16(20)14-18(19(15)25(21,22)23)24-17-11-8-6-9-12-17;/h6,8-9,11-14,20H,2-5,7,10H2,1H3,(H,21,22,23);/q;+1/p-1. The van der Waals surface area contributed by atoms with Crippen LogP contribution in [0.15, 0.2) is 47.4 Å². The molecule has 0 saturated carbocycles. The molecule has 1 N–H and O–H groups in total. The molecule has 26 heavy (non-hydrogen) atoms. The molecule has 0 amide bonds. The molecule has 0 saturated heterocycles. The van der Waals surface area contributed by atoms with E-state index in [2.05, 4.69) is 6.92 Å². The summed E-state index contributed by atoms with van der Waals surface area (Å²) in [6, 6.07) is 10.9. The van der Waals surface area contributed by atoms with Crippen LogP contribution in [0.4, 0.5) is 0 Å². The van der Waals surface area contributed by atoms with Gasteiger partial charge >= 0.3 is 29.6 Å². The van der Waals surface area contributed by atoms with Crippen molar-refractivity contribution in [3.63, 3.8) is 0 Å². The van der Waals surface area contributed by atoms with E-state index >= 15 is 0 Å². The van der Waals surface area contributed by atoms with Crippen molar-refractivity contribution in [1.29, 1.82) is 0 Å². The smallest absolute Gasteiger partial charge is 0.872 e. The molecule has 2 aromatic rings. The van der Waals surface area contributed by atoms with Gasteiger partial charge in [0.1, 0.15) is 16.4 Å². The van der Waals surface area contributed by atoms with Crippen molar-refractivity contribution in [3.05, 3.63) is 48.0 Å². The number of hydrogen-bond donors (Lipinski definition) is 1. The molecular weight excluding hydrogens is 363 g/mol. The Kier molecular flexibility index (Phi) is 9.68. The van der Waals surface area contributed by atoms with Gasteiger partial charge in [0.25, 0.3) is 10.1 Å². The van der Waals surface area contributed by atoms with Crippen LogP contribution < -0.4 is 39.4 Å². The molecule has 0 aromatic heterocycles. The van der Waals surface area contributed by atoms with E-state index < -0.39 is 10.1 Å².